The number of benzene rings is 2. The van der Waals surface area contributed by atoms with Crippen LogP contribution < -0.4 is 10.6 Å². The highest BCUT2D eigenvalue weighted by atomic mass is 16.6. The quantitative estimate of drug-likeness (QED) is 0.420. The number of nitrogens with one attached hydrogen (secondary N) is 2. The van der Waals surface area contributed by atoms with Crippen LogP contribution in [0, 0.1) is 20.8 Å². The van der Waals surface area contributed by atoms with Gasteiger partial charge in [-0.25, -0.2) is 4.79 Å². The van der Waals surface area contributed by atoms with Crippen molar-refractivity contribution in [3.8, 4) is 0 Å². The van der Waals surface area contributed by atoms with Crippen LogP contribution in [0.5, 0.6) is 0 Å². The van der Waals surface area contributed by atoms with E-state index in [0.29, 0.717) is 11.3 Å². The maximum atomic E-state index is 13.7. The highest BCUT2D eigenvalue weighted by molar-refractivity contribution is 5.99. The maximum Gasteiger partial charge on any atom is 0.408 e. The molecule has 0 heterocycles. The lowest BCUT2D eigenvalue weighted by molar-refractivity contribution is -0.142. The maximum absolute atomic E-state index is 13.7. The first kappa shape index (κ1) is 28.8. The summed E-state index contributed by atoms with van der Waals surface area (Å²) in [6.07, 6.45) is -0.883. The predicted molar refractivity (Wildman–Crippen MR) is 138 cm³/mol. The Bertz CT molecular complexity index is 1080. The van der Waals surface area contributed by atoms with Crippen molar-refractivity contribution in [3.63, 3.8) is 0 Å². The average molecular weight is 500 g/mol. The van der Waals surface area contributed by atoms with Crippen molar-refractivity contribution >= 4 is 23.6 Å². The molecule has 4 N–H and O–H groups in total. The Hall–Kier alpha value is -3.43. The molecule has 0 aliphatic carbocycles. The largest absolute Gasteiger partial charge is 0.444 e. The standard InChI is InChI=1S/C27H37N3O6/c1-17-11-12-20(19(3)15-17)23(24(33)28-21-10-8-7-9-18(21)2)30(13-14-31)25(34)22(16-32)29-26(35)36-27(4,5)6/h7-12,15,22-23,31-32H,13-14,16H2,1-6H3,(H,28,33)(H,29,35). The van der Waals surface area contributed by atoms with Crippen LogP contribution in [0.25, 0.3) is 0 Å². The number of carbonyl (C=O) groups is 3. The van der Waals surface area contributed by atoms with Crippen LogP contribution in [0.15, 0.2) is 42.5 Å². The smallest absolute Gasteiger partial charge is 0.408 e. The van der Waals surface area contributed by atoms with E-state index in [1.807, 2.05) is 45.0 Å². The molecule has 0 aromatic heterocycles. The van der Waals surface area contributed by atoms with E-state index >= 15 is 0 Å². The van der Waals surface area contributed by atoms with Crippen LogP contribution in [0.1, 0.15) is 49.1 Å². The molecule has 0 bridgehead atoms. The second-order valence-corrected chi connectivity index (χ2v) is 9.70. The number of aliphatic hydroxyl groups excluding tert-OH is 2. The Balaban J connectivity index is 2.49. The lowest BCUT2D eigenvalue weighted by atomic mass is 9.96. The Morgan fingerprint density at radius 3 is 2.22 bits per heavy atom. The molecule has 2 rings (SSSR count). The molecular weight excluding hydrogens is 462 g/mol. The monoisotopic (exact) mass is 499 g/mol. The molecule has 9 heteroatoms. The number of hydrogen-bond donors (Lipinski definition) is 4. The number of rotatable bonds is 9. The van der Waals surface area contributed by atoms with Gasteiger partial charge in [0.1, 0.15) is 17.7 Å². The Labute approximate surface area is 212 Å². The summed E-state index contributed by atoms with van der Waals surface area (Å²) in [4.78, 5) is 40.8. The third-order valence-electron chi connectivity index (χ3n) is 5.48. The zero-order valence-corrected chi connectivity index (χ0v) is 21.8. The van der Waals surface area contributed by atoms with Crippen LogP contribution >= 0.6 is 0 Å². The molecule has 2 atom stereocenters. The van der Waals surface area contributed by atoms with Crippen molar-refractivity contribution in [3.05, 3.63) is 64.7 Å². The minimum atomic E-state index is -1.38. The molecule has 0 aliphatic rings. The molecule has 0 saturated carbocycles. The van der Waals surface area contributed by atoms with Gasteiger partial charge in [0.15, 0.2) is 0 Å². The van der Waals surface area contributed by atoms with E-state index in [1.54, 1.807) is 39.0 Å². The molecule has 2 unspecified atom stereocenters. The zero-order valence-electron chi connectivity index (χ0n) is 21.8. The van der Waals surface area contributed by atoms with Crippen molar-refractivity contribution in [1.82, 2.24) is 10.2 Å². The van der Waals surface area contributed by atoms with E-state index in [1.165, 1.54) is 4.90 Å². The van der Waals surface area contributed by atoms with Gasteiger partial charge in [-0.1, -0.05) is 42.0 Å². The second-order valence-electron chi connectivity index (χ2n) is 9.70. The fourth-order valence-electron chi connectivity index (χ4n) is 3.81. The van der Waals surface area contributed by atoms with Crippen molar-refractivity contribution < 1.29 is 29.3 Å². The van der Waals surface area contributed by atoms with E-state index in [0.717, 1.165) is 16.7 Å². The molecule has 0 fully saturated rings. The fourth-order valence-corrected chi connectivity index (χ4v) is 3.81. The molecule has 0 radical (unpaired) electrons. The van der Waals surface area contributed by atoms with Crippen LogP contribution in [0.2, 0.25) is 0 Å². The summed E-state index contributed by atoms with van der Waals surface area (Å²) in [5.74, 6) is -1.23. The number of ether oxygens (including phenoxy) is 1. The fraction of sp³-hybridized carbons (Fsp3) is 0.444. The van der Waals surface area contributed by atoms with Gasteiger partial charge in [-0.3, -0.25) is 9.59 Å². The van der Waals surface area contributed by atoms with Gasteiger partial charge in [-0.2, -0.15) is 0 Å². The van der Waals surface area contributed by atoms with E-state index in [9.17, 15) is 24.6 Å². The molecule has 36 heavy (non-hydrogen) atoms. The number of nitrogens with zero attached hydrogens (tertiary/aromatic N) is 1. The van der Waals surface area contributed by atoms with Gasteiger partial charge in [0.05, 0.1) is 13.2 Å². The molecule has 2 aromatic rings. The van der Waals surface area contributed by atoms with Crippen LogP contribution in [0.4, 0.5) is 10.5 Å². The Kier molecular flexibility index (Phi) is 10.0. The number of carbonyl (C=O) groups excluding carboxylic acids is 3. The van der Waals surface area contributed by atoms with Gasteiger partial charge >= 0.3 is 6.09 Å². The average Bonchev–Trinajstić information content (AvgIpc) is 2.78. The van der Waals surface area contributed by atoms with Gasteiger partial charge in [-0.05, 0) is 64.3 Å². The molecule has 3 amide bonds. The van der Waals surface area contributed by atoms with E-state index in [4.69, 9.17) is 4.74 Å². The van der Waals surface area contributed by atoms with Crippen molar-refractivity contribution in [2.24, 2.45) is 0 Å². The van der Waals surface area contributed by atoms with Crippen molar-refractivity contribution in [2.45, 2.75) is 59.2 Å². The molecule has 0 aliphatic heterocycles. The van der Waals surface area contributed by atoms with Crippen molar-refractivity contribution in [1.29, 1.82) is 0 Å². The molecule has 196 valence electrons. The summed E-state index contributed by atoms with van der Waals surface area (Å²) in [5.41, 5.74) is 2.92. The van der Waals surface area contributed by atoms with Gasteiger partial charge < -0.3 is 30.5 Å². The first-order valence-electron chi connectivity index (χ1n) is 11.8. The second kappa shape index (κ2) is 12.5. The van der Waals surface area contributed by atoms with E-state index in [2.05, 4.69) is 10.6 Å². The number of amides is 3. The molecule has 2 aromatic carbocycles. The lowest BCUT2D eigenvalue weighted by Gasteiger charge is -2.34. The minimum Gasteiger partial charge on any atom is -0.444 e. The minimum absolute atomic E-state index is 0.204. The number of aryl methyl sites for hydroxylation is 3. The number of anilines is 1. The zero-order chi connectivity index (χ0) is 27.0. The van der Waals surface area contributed by atoms with Crippen LogP contribution in [0.3, 0.4) is 0 Å². The van der Waals surface area contributed by atoms with E-state index in [-0.39, 0.29) is 6.54 Å². The lowest BCUT2D eigenvalue weighted by Crippen LogP contribution is -2.54. The van der Waals surface area contributed by atoms with Crippen LogP contribution in [-0.2, 0) is 14.3 Å². The summed E-state index contributed by atoms with van der Waals surface area (Å²) in [6.45, 7) is 9.26. The third kappa shape index (κ3) is 7.79. The SMILES string of the molecule is Cc1ccc(C(C(=O)Nc2ccccc2C)N(CCO)C(=O)C(CO)NC(=O)OC(C)(C)C)c(C)c1. The summed E-state index contributed by atoms with van der Waals surface area (Å²) in [7, 11) is 0. The Morgan fingerprint density at radius 1 is 1.00 bits per heavy atom. The highest BCUT2D eigenvalue weighted by Gasteiger charge is 2.36. The van der Waals surface area contributed by atoms with Crippen molar-refractivity contribution in [2.75, 3.05) is 25.1 Å². The summed E-state index contributed by atoms with van der Waals surface area (Å²) >= 11 is 0. The Morgan fingerprint density at radius 2 is 1.67 bits per heavy atom. The van der Waals surface area contributed by atoms with Crippen LogP contribution in [-0.4, -0.2) is 64.4 Å². The first-order valence-corrected chi connectivity index (χ1v) is 11.8. The molecule has 9 nitrogen and oxygen atoms in total. The molecule has 0 spiro atoms. The highest BCUT2D eigenvalue weighted by Crippen LogP contribution is 2.28. The molecular formula is C27H37N3O6. The summed E-state index contributed by atoms with van der Waals surface area (Å²) in [5, 5.41) is 25.0. The number of hydrogen-bond acceptors (Lipinski definition) is 6. The van der Waals surface area contributed by atoms with Gasteiger partial charge in [-0.15, -0.1) is 0 Å². The summed E-state index contributed by atoms with van der Waals surface area (Å²) < 4.78 is 5.22. The van der Waals surface area contributed by atoms with Gasteiger partial charge in [0.2, 0.25) is 5.91 Å². The predicted octanol–water partition coefficient (Wildman–Crippen LogP) is 3.00. The topological polar surface area (TPSA) is 128 Å². The van der Waals surface area contributed by atoms with E-state index < -0.39 is 48.8 Å². The van der Waals surface area contributed by atoms with Gasteiger partial charge in [0.25, 0.3) is 5.91 Å². The normalized spacial score (nSPS) is 12.9. The number of aliphatic hydroxyl groups is 2. The molecule has 0 saturated heterocycles. The number of para-hydroxylation sites is 1. The van der Waals surface area contributed by atoms with Gasteiger partial charge in [0, 0.05) is 12.2 Å². The third-order valence-corrected chi connectivity index (χ3v) is 5.48. The summed E-state index contributed by atoms with van der Waals surface area (Å²) in [6, 6.07) is 10.2. The first-order chi connectivity index (χ1) is 16.9. The number of alkyl carbamates (subject to hydrolysis) is 1.